The summed E-state index contributed by atoms with van der Waals surface area (Å²) in [5, 5.41) is 0. The van der Waals surface area contributed by atoms with E-state index in [-0.39, 0.29) is 5.91 Å². The second-order valence-electron chi connectivity index (χ2n) is 5.49. The molecule has 1 aromatic rings. The molecule has 0 saturated carbocycles. The Balaban J connectivity index is 2.61. The number of carbonyl (C=O) groups excluding carboxylic acids is 1. The van der Waals surface area contributed by atoms with E-state index in [0.717, 1.165) is 30.6 Å². The summed E-state index contributed by atoms with van der Waals surface area (Å²) in [6.07, 6.45) is 2.59. The summed E-state index contributed by atoms with van der Waals surface area (Å²) in [6, 6.07) is 7.76. The van der Waals surface area contributed by atoms with Crippen LogP contribution in [-0.4, -0.2) is 17.4 Å². The van der Waals surface area contributed by atoms with Crippen LogP contribution in [0.4, 0.5) is 5.69 Å². The molecule has 0 radical (unpaired) electrons. The maximum atomic E-state index is 12.2. The van der Waals surface area contributed by atoms with Gasteiger partial charge in [0.25, 0.3) is 0 Å². The fourth-order valence-corrected chi connectivity index (χ4v) is 1.98. The van der Waals surface area contributed by atoms with Crippen molar-refractivity contribution in [2.24, 2.45) is 5.92 Å². The van der Waals surface area contributed by atoms with Crippen molar-refractivity contribution in [2.75, 3.05) is 12.3 Å². The van der Waals surface area contributed by atoms with Crippen LogP contribution in [0.1, 0.15) is 45.6 Å². The number of nitrogens with two attached hydrogens (primary N) is 1. The van der Waals surface area contributed by atoms with Crippen molar-refractivity contribution in [1.82, 2.24) is 4.90 Å². The van der Waals surface area contributed by atoms with E-state index in [4.69, 9.17) is 5.73 Å². The van der Waals surface area contributed by atoms with Crippen LogP contribution in [0.2, 0.25) is 0 Å². The molecule has 19 heavy (non-hydrogen) atoms. The summed E-state index contributed by atoms with van der Waals surface area (Å²) in [5.74, 6) is 0.830. The van der Waals surface area contributed by atoms with E-state index in [1.165, 1.54) is 0 Å². The van der Waals surface area contributed by atoms with Crippen molar-refractivity contribution >= 4 is 11.6 Å². The minimum atomic E-state index is 0.257. The molecule has 0 aliphatic rings. The van der Waals surface area contributed by atoms with Crippen LogP contribution >= 0.6 is 0 Å². The topological polar surface area (TPSA) is 46.3 Å². The lowest BCUT2D eigenvalue weighted by Gasteiger charge is -2.23. The van der Waals surface area contributed by atoms with Crippen molar-refractivity contribution in [3.63, 3.8) is 0 Å². The molecule has 0 aromatic heterocycles. The van der Waals surface area contributed by atoms with E-state index < -0.39 is 0 Å². The number of rotatable bonds is 7. The van der Waals surface area contributed by atoms with Gasteiger partial charge in [0, 0.05) is 25.2 Å². The minimum Gasteiger partial charge on any atom is -0.399 e. The summed E-state index contributed by atoms with van der Waals surface area (Å²) in [7, 11) is 0. The van der Waals surface area contributed by atoms with Gasteiger partial charge in [-0.05, 0) is 36.5 Å². The fraction of sp³-hybridized carbons (Fsp3) is 0.562. The summed E-state index contributed by atoms with van der Waals surface area (Å²) in [6.45, 7) is 7.91. The molecule has 1 amide bonds. The monoisotopic (exact) mass is 262 g/mol. The van der Waals surface area contributed by atoms with Gasteiger partial charge in [0.2, 0.25) is 5.91 Å². The Kier molecular flexibility index (Phi) is 6.40. The first-order valence-corrected chi connectivity index (χ1v) is 7.15. The Morgan fingerprint density at radius 1 is 1.26 bits per heavy atom. The Hall–Kier alpha value is -1.51. The average molecular weight is 262 g/mol. The van der Waals surface area contributed by atoms with Gasteiger partial charge >= 0.3 is 0 Å². The maximum absolute atomic E-state index is 12.2. The molecular formula is C16H26N2O. The van der Waals surface area contributed by atoms with Gasteiger partial charge in [-0.1, -0.05) is 32.9 Å². The summed E-state index contributed by atoms with van der Waals surface area (Å²) in [5.41, 5.74) is 7.58. The van der Waals surface area contributed by atoms with E-state index in [2.05, 4.69) is 20.8 Å². The summed E-state index contributed by atoms with van der Waals surface area (Å²) >= 11 is 0. The third-order valence-electron chi connectivity index (χ3n) is 3.13. The average Bonchev–Trinajstić information content (AvgIpc) is 2.38. The van der Waals surface area contributed by atoms with E-state index in [1.54, 1.807) is 0 Å². The second kappa shape index (κ2) is 7.82. The van der Waals surface area contributed by atoms with Crippen LogP contribution in [0.25, 0.3) is 0 Å². The van der Waals surface area contributed by atoms with Gasteiger partial charge in [0.05, 0.1) is 0 Å². The molecule has 0 aliphatic heterocycles. The van der Waals surface area contributed by atoms with Crippen LogP contribution in [0.15, 0.2) is 24.3 Å². The lowest BCUT2D eigenvalue weighted by molar-refractivity contribution is -0.132. The number of nitrogen functional groups attached to an aromatic ring is 1. The predicted molar refractivity (Wildman–Crippen MR) is 80.6 cm³/mol. The van der Waals surface area contributed by atoms with Crippen LogP contribution < -0.4 is 5.73 Å². The molecule has 1 aromatic carbocycles. The number of hydrogen-bond donors (Lipinski definition) is 1. The normalized spacial score (nSPS) is 10.7. The second-order valence-corrected chi connectivity index (χ2v) is 5.49. The molecule has 0 spiro atoms. The Bertz CT molecular complexity index is 384. The van der Waals surface area contributed by atoms with E-state index in [9.17, 15) is 4.79 Å². The summed E-state index contributed by atoms with van der Waals surface area (Å²) < 4.78 is 0. The van der Waals surface area contributed by atoms with Crippen LogP contribution in [-0.2, 0) is 11.3 Å². The highest BCUT2D eigenvalue weighted by molar-refractivity contribution is 5.76. The molecule has 0 heterocycles. The molecule has 1 rings (SSSR count). The highest BCUT2D eigenvalue weighted by atomic mass is 16.2. The highest BCUT2D eigenvalue weighted by Gasteiger charge is 2.13. The first kappa shape index (κ1) is 15.5. The molecule has 106 valence electrons. The van der Waals surface area contributed by atoms with Crippen molar-refractivity contribution in [1.29, 1.82) is 0 Å². The first-order valence-electron chi connectivity index (χ1n) is 7.15. The molecule has 0 saturated heterocycles. The largest absolute Gasteiger partial charge is 0.399 e. The number of benzene rings is 1. The van der Waals surface area contributed by atoms with Crippen molar-refractivity contribution in [3.8, 4) is 0 Å². The molecule has 0 bridgehead atoms. The lowest BCUT2D eigenvalue weighted by atomic mass is 10.1. The highest BCUT2D eigenvalue weighted by Crippen LogP contribution is 2.12. The smallest absolute Gasteiger partial charge is 0.222 e. The Morgan fingerprint density at radius 2 is 1.89 bits per heavy atom. The van der Waals surface area contributed by atoms with Gasteiger partial charge in [-0.25, -0.2) is 0 Å². The number of amides is 1. The van der Waals surface area contributed by atoms with Gasteiger partial charge in [0.1, 0.15) is 0 Å². The van der Waals surface area contributed by atoms with Crippen molar-refractivity contribution in [3.05, 3.63) is 29.8 Å². The number of anilines is 1. The quantitative estimate of drug-likeness (QED) is 0.765. The molecule has 3 nitrogen and oxygen atoms in total. The third-order valence-corrected chi connectivity index (χ3v) is 3.13. The summed E-state index contributed by atoms with van der Waals surface area (Å²) in [4.78, 5) is 14.2. The number of nitrogens with zero attached hydrogens (tertiary/aromatic N) is 1. The molecule has 2 N–H and O–H groups in total. The first-order chi connectivity index (χ1) is 9.02. The van der Waals surface area contributed by atoms with Gasteiger partial charge in [-0.15, -0.1) is 0 Å². The Labute approximate surface area is 116 Å². The molecule has 0 atom stereocenters. The lowest BCUT2D eigenvalue weighted by Crippen LogP contribution is -2.31. The predicted octanol–water partition coefficient (Wildman–Crippen LogP) is 3.44. The molecular weight excluding hydrogens is 236 g/mol. The zero-order valence-electron chi connectivity index (χ0n) is 12.4. The van der Waals surface area contributed by atoms with E-state index in [0.29, 0.717) is 18.9 Å². The van der Waals surface area contributed by atoms with E-state index >= 15 is 0 Å². The van der Waals surface area contributed by atoms with Crippen molar-refractivity contribution < 1.29 is 4.79 Å². The molecule has 0 fully saturated rings. The molecule has 3 heteroatoms. The molecule has 0 unspecified atom stereocenters. The van der Waals surface area contributed by atoms with Crippen LogP contribution in [0.5, 0.6) is 0 Å². The van der Waals surface area contributed by atoms with Gasteiger partial charge in [-0.2, -0.15) is 0 Å². The standard InChI is InChI=1S/C16H26N2O/c1-4-11-18(16(19)10-5-13(2)3)12-14-6-8-15(17)9-7-14/h6-9,13H,4-5,10-12,17H2,1-3H3. The molecule has 0 aliphatic carbocycles. The Morgan fingerprint density at radius 3 is 2.42 bits per heavy atom. The minimum absolute atomic E-state index is 0.257. The van der Waals surface area contributed by atoms with Gasteiger partial charge in [-0.3, -0.25) is 4.79 Å². The van der Waals surface area contributed by atoms with Gasteiger partial charge < -0.3 is 10.6 Å². The number of carbonyl (C=O) groups is 1. The number of hydrogen-bond acceptors (Lipinski definition) is 2. The van der Waals surface area contributed by atoms with Crippen molar-refractivity contribution in [2.45, 2.75) is 46.6 Å². The third kappa shape index (κ3) is 5.77. The maximum Gasteiger partial charge on any atom is 0.222 e. The van der Waals surface area contributed by atoms with Crippen LogP contribution in [0.3, 0.4) is 0 Å². The zero-order chi connectivity index (χ0) is 14.3. The zero-order valence-corrected chi connectivity index (χ0v) is 12.4. The van der Waals surface area contributed by atoms with Crippen LogP contribution in [0, 0.1) is 5.92 Å². The van der Waals surface area contributed by atoms with Gasteiger partial charge in [0.15, 0.2) is 0 Å². The SMILES string of the molecule is CCCN(Cc1ccc(N)cc1)C(=O)CCC(C)C. The fourth-order valence-electron chi connectivity index (χ4n) is 1.98. The van der Waals surface area contributed by atoms with E-state index in [1.807, 2.05) is 29.2 Å².